The third kappa shape index (κ3) is 3.92. The summed E-state index contributed by atoms with van der Waals surface area (Å²) in [6, 6.07) is 59.4. The van der Waals surface area contributed by atoms with Gasteiger partial charge >= 0.3 is 0 Å². The van der Waals surface area contributed by atoms with Crippen LogP contribution in [0.3, 0.4) is 0 Å². The second kappa shape index (κ2) is 10.4. The van der Waals surface area contributed by atoms with E-state index in [2.05, 4.69) is 169 Å². The quantitative estimate of drug-likeness (QED) is 0.191. The van der Waals surface area contributed by atoms with E-state index in [0.29, 0.717) is 0 Å². The molecule has 47 heavy (non-hydrogen) atoms. The first kappa shape index (κ1) is 26.9. The number of hydrogen-bond acceptors (Lipinski definition) is 4. The zero-order chi connectivity index (χ0) is 31.0. The summed E-state index contributed by atoms with van der Waals surface area (Å²) < 4.78 is 9.36. The van der Waals surface area contributed by atoms with Crippen LogP contribution >= 0.6 is 23.1 Å². The molecule has 0 fully saturated rings. The van der Waals surface area contributed by atoms with Gasteiger partial charge < -0.3 is 9.64 Å². The van der Waals surface area contributed by atoms with E-state index < -0.39 is 5.41 Å². The van der Waals surface area contributed by atoms with Crippen molar-refractivity contribution in [3.05, 3.63) is 186 Å². The number of anilines is 3. The Kier molecular flexibility index (Phi) is 5.93. The summed E-state index contributed by atoms with van der Waals surface area (Å²) in [5.41, 5.74) is 7.67. The number of hydrogen-bond donors (Lipinski definition) is 0. The number of nitrogens with zero attached hydrogens (tertiary/aromatic N) is 1. The molecular weight excluding hydrogens is 611 g/mol. The lowest BCUT2D eigenvalue weighted by Crippen LogP contribution is -2.36. The van der Waals surface area contributed by atoms with E-state index >= 15 is 0 Å². The normalized spacial score (nSPS) is 13.8. The minimum absolute atomic E-state index is 0.547. The zero-order valence-electron chi connectivity index (χ0n) is 25.3. The van der Waals surface area contributed by atoms with Crippen molar-refractivity contribution < 1.29 is 4.74 Å². The molecule has 0 bridgehead atoms. The van der Waals surface area contributed by atoms with Crippen molar-refractivity contribution >= 4 is 60.3 Å². The van der Waals surface area contributed by atoms with Crippen molar-refractivity contribution in [2.45, 2.75) is 15.2 Å². The fourth-order valence-electron chi connectivity index (χ4n) is 7.62. The van der Waals surface area contributed by atoms with Crippen LogP contribution in [0.2, 0.25) is 0 Å². The lowest BCUT2D eigenvalue weighted by Gasteiger charge is -2.45. The molecule has 0 saturated heterocycles. The van der Waals surface area contributed by atoms with Gasteiger partial charge in [0.2, 0.25) is 0 Å². The summed E-state index contributed by atoms with van der Waals surface area (Å²) >= 11 is 3.71. The molecule has 0 saturated carbocycles. The summed E-state index contributed by atoms with van der Waals surface area (Å²) in [5, 5.41) is 2.58. The smallest absolute Gasteiger partial charge is 0.132 e. The van der Waals surface area contributed by atoms with Gasteiger partial charge in [0.05, 0.1) is 5.41 Å². The van der Waals surface area contributed by atoms with E-state index in [-0.39, 0.29) is 0 Å². The number of fused-ring (bicyclic) bond motifs is 11. The highest BCUT2D eigenvalue weighted by molar-refractivity contribution is 7.99. The Bertz CT molecular complexity index is 2400. The maximum atomic E-state index is 6.75. The molecule has 4 heteroatoms. The molecule has 8 aromatic rings. The van der Waals surface area contributed by atoms with Crippen LogP contribution in [0.15, 0.2) is 174 Å². The molecule has 0 radical (unpaired) electrons. The number of ether oxygens (including phenoxy) is 1. The summed E-state index contributed by atoms with van der Waals surface area (Å²) in [5.74, 6) is 1.79. The summed E-state index contributed by atoms with van der Waals surface area (Å²) in [7, 11) is 0. The van der Waals surface area contributed by atoms with Crippen LogP contribution in [-0.2, 0) is 5.41 Å². The minimum Gasteiger partial charge on any atom is -0.457 e. The Morgan fingerprint density at radius 2 is 1.02 bits per heavy atom. The van der Waals surface area contributed by atoms with E-state index in [1.165, 1.54) is 46.7 Å². The van der Waals surface area contributed by atoms with Crippen LogP contribution in [0.5, 0.6) is 11.5 Å². The van der Waals surface area contributed by atoms with E-state index in [4.69, 9.17) is 4.74 Å². The lowest BCUT2D eigenvalue weighted by molar-refractivity contribution is 0.431. The molecule has 0 N–H and O–H groups in total. The van der Waals surface area contributed by atoms with Crippen molar-refractivity contribution in [3.8, 4) is 11.5 Å². The largest absolute Gasteiger partial charge is 0.457 e. The monoisotopic (exact) mass is 637 g/mol. The molecule has 2 nitrogen and oxygen atoms in total. The van der Waals surface area contributed by atoms with Crippen LogP contribution in [0.1, 0.15) is 22.3 Å². The first-order valence-corrected chi connectivity index (χ1v) is 17.5. The molecule has 2 aliphatic rings. The summed E-state index contributed by atoms with van der Waals surface area (Å²) in [6.07, 6.45) is 0. The van der Waals surface area contributed by atoms with Crippen LogP contribution in [0.25, 0.3) is 20.2 Å². The van der Waals surface area contributed by atoms with E-state index in [0.717, 1.165) is 34.1 Å². The fourth-order valence-corrected chi connectivity index (χ4v) is 9.90. The zero-order valence-corrected chi connectivity index (χ0v) is 26.9. The van der Waals surface area contributed by atoms with Gasteiger partial charge in [-0.3, -0.25) is 0 Å². The van der Waals surface area contributed by atoms with E-state index in [1.807, 2.05) is 23.1 Å². The molecule has 0 unspecified atom stereocenters. The van der Waals surface area contributed by atoms with Crippen molar-refractivity contribution in [2.24, 2.45) is 0 Å². The molecule has 10 rings (SSSR count). The first-order chi connectivity index (χ1) is 23.3. The number of para-hydroxylation sites is 2. The van der Waals surface area contributed by atoms with Gasteiger partial charge in [-0.2, -0.15) is 0 Å². The second-order valence-electron chi connectivity index (χ2n) is 12.1. The molecule has 1 spiro atoms. The van der Waals surface area contributed by atoms with Crippen LogP contribution < -0.4 is 9.64 Å². The summed E-state index contributed by atoms with van der Waals surface area (Å²) in [4.78, 5) is 4.93. The summed E-state index contributed by atoms with van der Waals surface area (Å²) in [6.45, 7) is 0. The number of benzene rings is 7. The molecule has 222 valence electrons. The second-order valence-corrected chi connectivity index (χ2v) is 14.2. The molecule has 0 aliphatic carbocycles. The highest BCUT2D eigenvalue weighted by Gasteiger charge is 2.49. The average molecular weight is 638 g/mol. The van der Waals surface area contributed by atoms with Crippen molar-refractivity contribution in [1.29, 1.82) is 0 Å². The predicted molar refractivity (Wildman–Crippen MR) is 197 cm³/mol. The lowest BCUT2D eigenvalue weighted by atomic mass is 9.63. The van der Waals surface area contributed by atoms with Gasteiger partial charge in [-0.1, -0.05) is 103 Å². The third-order valence-corrected chi connectivity index (χ3v) is 11.9. The van der Waals surface area contributed by atoms with Crippen LogP contribution in [-0.4, -0.2) is 0 Å². The maximum Gasteiger partial charge on any atom is 0.132 e. The Labute approximate surface area is 281 Å². The van der Waals surface area contributed by atoms with Crippen molar-refractivity contribution in [3.63, 3.8) is 0 Å². The predicted octanol–water partition coefficient (Wildman–Crippen LogP) is 12.5. The average Bonchev–Trinajstić information content (AvgIpc) is 3.50. The standard InChI is InChI=1S/C43H27NOS2/c1-2-12-28(13-3-1)44(29-23-25-40-32(26-29)31-14-4-9-19-39(31)46-40)30-22-24-38-36(27-30)43(33-15-5-8-18-37(33)45-38)34-16-6-10-20-41(34)47-42-21-11-7-17-35(42)43/h1-27H. The molecule has 0 atom stereocenters. The highest BCUT2D eigenvalue weighted by Crippen LogP contribution is 2.62. The highest BCUT2D eigenvalue weighted by atomic mass is 32.2. The Hall–Kier alpha value is -5.29. The first-order valence-electron chi connectivity index (χ1n) is 15.8. The van der Waals surface area contributed by atoms with Crippen LogP contribution in [0, 0.1) is 0 Å². The number of rotatable bonds is 3. The molecule has 2 aliphatic heterocycles. The molecule has 1 aromatic heterocycles. The minimum atomic E-state index is -0.547. The van der Waals surface area contributed by atoms with Gasteiger partial charge in [0.1, 0.15) is 11.5 Å². The molecule has 3 heterocycles. The van der Waals surface area contributed by atoms with Gasteiger partial charge in [0.15, 0.2) is 0 Å². The number of thiophene rings is 1. The van der Waals surface area contributed by atoms with Crippen molar-refractivity contribution in [1.82, 2.24) is 0 Å². The Morgan fingerprint density at radius 1 is 0.426 bits per heavy atom. The SMILES string of the molecule is c1ccc(N(c2ccc3c(c2)C2(c4ccccc4O3)c3ccccc3Sc3ccccc32)c2ccc3sc4ccccc4c3c2)cc1. The fraction of sp³-hybridized carbons (Fsp3) is 0.0233. The van der Waals surface area contributed by atoms with Crippen molar-refractivity contribution in [2.75, 3.05) is 4.90 Å². The molecular formula is C43H27NOS2. The van der Waals surface area contributed by atoms with E-state index in [9.17, 15) is 0 Å². The van der Waals surface area contributed by atoms with Crippen LogP contribution in [0.4, 0.5) is 17.1 Å². The molecule has 7 aromatic carbocycles. The maximum absolute atomic E-state index is 6.75. The van der Waals surface area contributed by atoms with Gasteiger partial charge in [-0.25, -0.2) is 0 Å². The Balaban J connectivity index is 1.27. The third-order valence-electron chi connectivity index (χ3n) is 9.57. The Morgan fingerprint density at radius 3 is 1.83 bits per heavy atom. The van der Waals surface area contributed by atoms with E-state index in [1.54, 1.807) is 0 Å². The molecule has 0 amide bonds. The topological polar surface area (TPSA) is 12.5 Å². The van der Waals surface area contributed by atoms with Gasteiger partial charge in [0.25, 0.3) is 0 Å². The van der Waals surface area contributed by atoms with Gasteiger partial charge in [0, 0.05) is 58.2 Å². The van der Waals surface area contributed by atoms with Gasteiger partial charge in [-0.05, 0) is 83.9 Å². The van der Waals surface area contributed by atoms with Gasteiger partial charge in [-0.15, -0.1) is 11.3 Å².